The molecule has 3 aromatic carbocycles. The zero-order chi connectivity index (χ0) is 20.5. The second kappa shape index (κ2) is 7.98. The van der Waals surface area contributed by atoms with E-state index in [0.29, 0.717) is 23.6 Å². The van der Waals surface area contributed by atoms with Crippen molar-refractivity contribution >= 4 is 10.8 Å². The number of hydrogen-bond donors (Lipinski definition) is 1. The quantitative estimate of drug-likeness (QED) is 0.432. The first kappa shape index (κ1) is 18.9. The topological polar surface area (TPSA) is 54.5 Å². The molecule has 152 valence electrons. The van der Waals surface area contributed by atoms with Crippen molar-refractivity contribution in [2.24, 2.45) is 5.92 Å². The predicted molar refractivity (Wildman–Crippen MR) is 117 cm³/mol. The Balaban J connectivity index is 1.27. The zero-order valence-electron chi connectivity index (χ0n) is 17.1. The van der Waals surface area contributed by atoms with E-state index < -0.39 is 0 Å². The van der Waals surface area contributed by atoms with E-state index in [1.165, 1.54) is 30.4 Å². The standard InChI is InChI=1S/C25H25FN4/c1-16(21-12-13-24(26)23-5-3-2-4-22(21)23)14-17-6-7-20(15-17)18-8-10-19(11-9-18)25-27-29-30-28-25/h2-5,8-13,16-17,20H,6-7,14-15H2,1H3,(H,27,28,29,30)/t16-,17+,20+/m0/s1. The lowest BCUT2D eigenvalue weighted by Crippen LogP contribution is -2.04. The van der Waals surface area contributed by atoms with E-state index in [1.54, 1.807) is 6.07 Å². The lowest BCUT2D eigenvalue weighted by Gasteiger charge is -2.19. The Bertz CT molecular complexity index is 1140. The first-order valence-electron chi connectivity index (χ1n) is 10.7. The van der Waals surface area contributed by atoms with Crippen LogP contribution in [0.25, 0.3) is 22.2 Å². The van der Waals surface area contributed by atoms with Crippen molar-refractivity contribution < 1.29 is 4.39 Å². The highest BCUT2D eigenvalue weighted by atomic mass is 19.1. The fourth-order valence-corrected chi connectivity index (χ4v) is 5.12. The third kappa shape index (κ3) is 3.60. The van der Waals surface area contributed by atoms with Crippen molar-refractivity contribution in [1.29, 1.82) is 0 Å². The molecule has 1 saturated carbocycles. The molecular weight excluding hydrogens is 375 g/mol. The molecular formula is C25H25FN4. The monoisotopic (exact) mass is 400 g/mol. The molecule has 0 aliphatic heterocycles. The summed E-state index contributed by atoms with van der Waals surface area (Å²) >= 11 is 0. The Hall–Kier alpha value is -3.08. The minimum atomic E-state index is -0.133. The van der Waals surface area contributed by atoms with Crippen molar-refractivity contribution in [2.75, 3.05) is 0 Å². The SMILES string of the molecule is C[C@@H](C[C@H]1CC[C@@H](c2ccc(-c3nn[nH]n3)cc2)C1)c1ccc(F)c2ccccc12. The molecule has 3 atom stereocenters. The lowest BCUT2D eigenvalue weighted by atomic mass is 9.86. The number of tetrazole rings is 1. The number of benzene rings is 3. The third-order valence-electron chi connectivity index (χ3n) is 6.65. The Morgan fingerprint density at radius 3 is 2.57 bits per heavy atom. The molecule has 0 saturated heterocycles. The lowest BCUT2D eigenvalue weighted by molar-refractivity contribution is 0.455. The van der Waals surface area contributed by atoms with Gasteiger partial charge in [0.1, 0.15) is 5.82 Å². The van der Waals surface area contributed by atoms with Crippen LogP contribution in [0.5, 0.6) is 0 Å². The first-order valence-corrected chi connectivity index (χ1v) is 10.7. The van der Waals surface area contributed by atoms with Crippen LogP contribution in [0.4, 0.5) is 4.39 Å². The summed E-state index contributed by atoms with van der Waals surface area (Å²) in [6.45, 7) is 2.28. The molecule has 1 aromatic heterocycles. The first-order chi connectivity index (χ1) is 14.7. The van der Waals surface area contributed by atoms with Gasteiger partial charge in [0, 0.05) is 10.9 Å². The summed E-state index contributed by atoms with van der Waals surface area (Å²) in [4.78, 5) is 0. The van der Waals surface area contributed by atoms with Gasteiger partial charge in [0.15, 0.2) is 0 Å². The van der Waals surface area contributed by atoms with Gasteiger partial charge in [-0.2, -0.15) is 5.21 Å². The molecule has 4 aromatic rings. The molecule has 1 fully saturated rings. The fourth-order valence-electron chi connectivity index (χ4n) is 5.12. The summed E-state index contributed by atoms with van der Waals surface area (Å²) in [5, 5.41) is 16.0. The van der Waals surface area contributed by atoms with E-state index in [-0.39, 0.29) is 5.82 Å². The molecule has 5 rings (SSSR count). The van der Waals surface area contributed by atoms with Crippen LogP contribution in [0.2, 0.25) is 0 Å². The minimum absolute atomic E-state index is 0.133. The number of nitrogens with zero attached hydrogens (tertiary/aromatic N) is 3. The van der Waals surface area contributed by atoms with Gasteiger partial charge in [0.05, 0.1) is 0 Å². The number of H-pyrrole nitrogens is 1. The largest absolute Gasteiger partial charge is 0.206 e. The predicted octanol–water partition coefficient (Wildman–Crippen LogP) is 6.24. The molecule has 0 unspecified atom stereocenters. The summed E-state index contributed by atoms with van der Waals surface area (Å²) in [5.41, 5.74) is 3.64. The number of rotatable bonds is 5. The van der Waals surface area contributed by atoms with Crippen molar-refractivity contribution in [3.05, 3.63) is 77.6 Å². The number of aromatic amines is 1. The number of nitrogens with one attached hydrogen (secondary N) is 1. The second-order valence-electron chi connectivity index (χ2n) is 8.55. The van der Waals surface area contributed by atoms with Crippen LogP contribution in [-0.2, 0) is 0 Å². The molecule has 1 aliphatic rings. The summed E-state index contributed by atoms with van der Waals surface area (Å²) < 4.78 is 14.2. The summed E-state index contributed by atoms with van der Waals surface area (Å²) in [6, 6.07) is 20.0. The summed E-state index contributed by atoms with van der Waals surface area (Å²) in [5.74, 6) is 2.22. The van der Waals surface area contributed by atoms with E-state index in [4.69, 9.17) is 0 Å². The van der Waals surface area contributed by atoms with Crippen molar-refractivity contribution in [1.82, 2.24) is 20.6 Å². The molecule has 4 nitrogen and oxygen atoms in total. The normalized spacial score (nSPS) is 19.9. The number of halogens is 1. The minimum Gasteiger partial charge on any atom is -0.206 e. The van der Waals surface area contributed by atoms with Crippen LogP contribution in [0.15, 0.2) is 60.7 Å². The number of hydrogen-bond acceptors (Lipinski definition) is 3. The second-order valence-corrected chi connectivity index (χ2v) is 8.55. The van der Waals surface area contributed by atoms with Crippen LogP contribution >= 0.6 is 0 Å². The molecule has 1 heterocycles. The van der Waals surface area contributed by atoms with E-state index in [1.807, 2.05) is 30.3 Å². The highest BCUT2D eigenvalue weighted by molar-refractivity contribution is 5.86. The maximum Gasteiger partial charge on any atom is 0.204 e. The van der Waals surface area contributed by atoms with Gasteiger partial charge in [-0.3, -0.25) is 0 Å². The zero-order valence-corrected chi connectivity index (χ0v) is 17.1. The van der Waals surface area contributed by atoms with Gasteiger partial charge in [0.2, 0.25) is 5.82 Å². The van der Waals surface area contributed by atoms with Gasteiger partial charge in [-0.25, -0.2) is 4.39 Å². The van der Waals surface area contributed by atoms with E-state index >= 15 is 0 Å². The van der Waals surface area contributed by atoms with Crippen LogP contribution in [0, 0.1) is 11.7 Å². The number of aromatic nitrogens is 4. The summed E-state index contributed by atoms with van der Waals surface area (Å²) in [6.07, 6.45) is 4.84. The molecule has 0 spiro atoms. The fraction of sp³-hybridized carbons (Fsp3) is 0.320. The average molecular weight is 401 g/mol. The van der Waals surface area contributed by atoms with Crippen LogP contribution in [0.3, 0.4) is 0 Å². The molecule has 30 heavy (non-hydrogen) atoms. The third-order valence-corrected chi connectivity index (χ3v) is 6.65. The van der Waals surface area contributed by atoms with Gasteiger partial charge >= 0.3 is 0 Å². The highest BCUT2D eigenvalue weighted by Crippen LogP contribution is 2.43. The molecule has 1 N–H and O–H groups in total. The van der Waals surface area contributed by atoms with E-state index in [0.717, 1.165) is 22.8 Å². The maximum atomic E-state index is 14.2. The Morgan fingerprint density at radius 1 is 1.00 bits per heavy atom. The Kier molecular flexibility index (Phi) is 5.03. The average Bonchev–Trinajstić information content (AvgIpc) is 3.47. The van der Waals surface area contributed by atoms with E-state index in [9.17, 15) is 4.39 Å². The molecule has 0 radical (unpaired) electrons. The van der Waals surface area contributed by atoms with E-state index in [2.05, 4.69) is 51.8 Å². The Morgan fingerprint density at radius 2 is 1.80 bits per heavy atom. The Labute approximate surface area is 175 Å². The van der Waals surface area contributed by atoms with Crippen molar-refractivity contribution in [3.8, 4) is 11.4 Å². The molecule has 5 heteroatoms. The van der Waals surface area contributed by atoms with Crippen LogP contribution < -0.4 is 0 Å². The van der Waals surface area contributed by atoms with Crippen LogP contribution in [0.1, 0.15) is 55.6 Å². The van der Waals surface area contributed by atoms with Gasteiger partial charge in [0.25, 0.3) is 0 Å². The molecule has 1 aliphatic carbocycles. The van der Waals surface area contributed by atoms with Gasteiger partial charge in [-0.15, -0.1) is 10.2 Å². The van der Waals surface area contributed by atoms with Crippen molar-refractivity contribution in [3.63, 3.8) is 0 Å². The van der Waals surface area contributed by atoms with Gasteiger partial charge < -0.3 is 0 Å². The molecule has 0 bridgehead atoms. The summed E-state index contributed by atoms with van der Waals surface area (Å²) in [7, 11) is 0. The maximum absolute atomic E-state index is 14.2. The molecule has 0 amide bonds. The van der Waals surface area contributed by atoms with Gasteiger partial charge in [-0.05, 0) is 71.2 Å². The van der Waals surface area contributed by atoms with Crippen molar-refractivity contribution in [2.45, 2.75) is 44.4 Å². The van der Waals surface area contributed by atoms with Gasteiger partial charge in [-0.1, -0.05) is 61.5 Å². The smallest absolute Gasteiger partial charge is 0.204 e. The highest BCUT2D eigenvalue weighted by Gasteiger charge is 2.28. The van der Waals surface area contributed by atoms with Crippen LogP contribution in [-0.4, -0.2) is 20.6 Å². The number of fused-ring (bicyclic) bond motifs is 1.